The first-order valence-corrected chi connectivity index (χ1v) is 8.14. The van der Waals surface area contributed by atoms with E-state index in [0.29, 0.717) is 18.6 Å². The van der Waals surface area contributed by atoms with Crippen LogP contribution in [0.25, 0.3) is 0 Å². The third-order valence-corrected chi connectivity index (χ3v) is 3.70. The fourth-order valence-corrected chi connectivity index (χ4v) is 2.44. The highest BCUT2D eigenvalue weighted by Gasteiger charge is 2.20. The monoisotopic (exact) mass is 306 g/mol. The number of ether oxygens (including phenoxy) is 1. The van der Waals surface area contributed by atoms with Crippen LogP contribution in [0, 0.1) is 0 Å². The Morgan fingerprint density at radius 2 is 1.73 bits per heavy atom. The zero-order valence-electron chi connectivity index (χ0n) is 13.6. The van der Waals surface area contributed by atoms with Crippen LogP contribution >= 0.6 is 0 Å². The number of esters is 1. The fraction of sp³-hybridized carbons (Fsp3) is 0.556. The third kappa shape index (κ3) is 5.51. The van der Waals surface area contributed by atoms with Crippen molar-refractivity contribution in [2.24, 2.45) is 0 Å². The number of carboxylic acids is 1. The minimum Gasteiger partial charge on any atom is -0.478 e. The van der Waals surface area contributed by atoms with Crippen LogP contribution in [0.1, 0.15) is 78.7 Å². The van der Waals surface area contributed by atoms with Gasteiger partial charge >= 0.3 is 11.9 Å². The lowest BCUT2D eigenvalue weighted by Gasteiger charge is -2.10. The number of carboxylic acid groups (broad SMARTS) is 1. The van der Waals surface area contributed by atoms with Gasteiger partial charge in [-0.2, -0.15) is 0 Å². The molecular formula is C18H26O4. The Bertz CT molecular complexity index is 494. The van der Waals surface area contributed by atoms with Crippen LogP contribution in [0.15, 0.2) is 18.2 Å². The van der Waals surface area contributed by atoms with E-state index in [9.17, 15) is 14.7 Å². The molecule has 4 nitrogen and oxygen atoms in total. The van der Waals surface area contributed by atoms with Crippen molar-refractivity contribution in [1.82, 2.24) is 0 Å². The van der Waals surface area contributed by atoms with E-state index in [4.69, 9.17) is 4.74 Å². The quantitative estimate of drug-likeness (QED) is 0.512. The average Bonchev–Trinajstić information content (AvgIpc) is 2.52. The molecule has 1 rings (SSSR count). The molecule has 0 atom stereocenters. The second-order valence-corrected chi connectivity index (χ2v) is 5.40. The van der Waals surface area contributed by atoms with Crippen LogP contribution in [0.2, 0.25) is 0 Å². The summed E-state index contributed by atoms with van der Waals surface area (Å²) in [5.74, 6) is -1.62. The molecule has 1 N–H and O–H groups in total. The molecule has 0 bridgehead atoms. The first-order chi connectivity index (χ1) is 10.6. The summed E-state index contributed by atoms with van der Waals surface area (Å²) < 4.78 is 5.22. The predicted octanol–water partition coefficient (Wildman–Crippen LogP) is 4.46. The lowest BCUT2D eigenvalue weighted by molar-refractivity contribution is 0.0487. The van der Waals surface area contributed by atoms with Gasteiger partial charge in [-0.1, -0.05) is 58.1 Å². The van der Waals surface area contributed by atoms with Crippen LogP contribution in [0.3, 0.4) is 0 Å². The lowest BCUT2D eigenvalue weighted by atomic mass is 9.99. The van der Waals surface area contributed by atoms with Crippen LogP contribution in [-0.4, -0.2) is 23.7 Å². The van der Waals surface area contributed by atoms with E-state index < -0.39 is 11.9 Å². The Kier molecular flexibility index (Phi) is 8.26. The minimum absolute atomic E-state index is 0.0675. The second-order valence-electron chi connectivity index (χ2n) is 5.40. The van der Waals surface area contributed by atoms with E-state index in [1.165, 1.54) is 25.3 Å². The summed E-state index contributed by atoms with van der Waals surface area (Å²) in [5, 5.41) is 9.31. The first-order valence-electron chi connectivity index (χ1n) is 8.14. The number of carbonyl (C=O) groups excluding carboxylic acids is 1. The van der Waals surface area contributed by atoms with Gasteiger partial charge in [-0.05, 0) is 24.5 Å². The number of hydrogen-bond donors (Lipinski definition) is 1. The molecule has 0 amide bonds. The van der Waals surface area contributed by atoms with Gasteiger partial charge < -0.3 is 9.84 Å². The Balaban J connectivity index is 2.54. The minimum atomic E-state index is -1.08. The summed E-state index contributed by atoms with van der Waals surface area (Å²) in [5.41, 5.74) is 0.872. The van der Waals surface area contributed by atoms with Gasteiger partial charge in [-0.3, -0.25) is 0 Å². The van der Waals surface area contributed by atoms with E-state index in [2.05, 4.69) is 6.92 Å². The molecule has 122 valence electrons. The van der Waals surface area contributed by atoms with Gasteiger partial charge in [0.05, 0.1) is 17.7 Å². The van der Waals surface area contributed by atoms with E-state index >= 15 is 0 Å². The number of benzene rings is 1. The highest BCUT2D eigenvalue weighted by atomic mass is 16.5. The van der Waals surface area contributed by atoms with Gasteiger partial charge in [0.2, 0.25) is 0 Å². The maximum absolute atomic E-state index is 12.1. The molecule has 0 aliphatic carbocycles. The number of rotatable bonds is 10. The smallest absolute Gasteiger partial charge is 0.339 e. The summed E-state index contributed by atoms with van der Waals surface area (Å²) in [7, 11) is 0. The standard InChI is InChI=1S/C18H26O4/c1-3-5-6-7-8-9-13-22-18(21)15-12-10-11-14(4-2)16(15)17(19)20/h10-12H,3-9,13H2,1-2H3,(H,19,20). The highest BCUT2D eigenvalue weighted by molar-refractivity contribution is 6.03. The number of aryl methyl sites for hydroxylation is 1. The van der Waals surface area contributed by atoms with Crippen LogP contribution in [0.4, 0.5) is 0 Å². The Hall–Kier alpha value is -1.84. The van der Waals surface area contributed by atoms with Crippen molar-refractivity contribution in [1.29, 1.82) is 0 Å². The zero-order valence-corrected chi connectivity index (χ0v) is 13.6. The van der Waals surface area contributed by atoms with Crippen LogP contribution < -0.4 is 0 Å². The SMILES string of the molecule is CCCCCCCCOC(=O)c1cccc(CC)c1C(=O)O. The van der Waals surface area contributed by atoms with E-state index in [0.717, 1.165) is 19.3 Å². The zero-order chi connectivity index (χ0) is 16.4. The number of aromatic carboxylic acids is 1. The summed E-state index contributed by atoms with van der Waals surface area (Å²) in [6, 6.07) is 4.95. The van der Waals surface area contributed by atoms with Crippen molar-refractivity contribution in [3.63, 3.8) is 0 Å². The molecule has 0 radical (unpaired) electrons. The van der Waals surface area contributed by atoms with Gasteiger partial charge in [0.1, 0.15) is 0 Å². The molecule has 0 aliphatic rings. The van der Waals surface area contributed by atoms with Crippen molar-refractivity contribution in [2.75, 3.05) is 6.61 Å². The topological polar surface area (TPSA) is 63.6 Å². The molecule has 0 spiro atoms. The van der Waals surface area contributed by atoms with Crippen molar-refractivity contribution >= 4 is 11.9 Å². The van der Waals surface area contributed by atoms with Gasteiger partial charge in [0.25, 0.3) is 0 Å². The average molecular weight is 306 g/mol. The van der Waals surface area contributed by atoms with Crippen molar-refractivity contribution in [3.8, 4) is 0 Å². The molecule has 22 heavy (non-hydrogen) atoms. The molecule has 0 unspecified atom stereocenters. The Morgan fingerprint density at radius 1 is 1.05 bits per heavy atom. The largest absolute Gasteiger partial charge is 0.478 e. The van der Waals surface area contributed by atoms with Crippen molar-refractivity contribution < 1.29 is 19.4 Å². The summed E-state index contributed by atoms with van der Waals surface area (Å²) in [6.07, 6.45) is 7.25. The highest BCUT2D eigenvalue weighted by Crippen LogP contribution is 2.17. The molecule has 0 saturated heterocycles. The molecule has 1 aromatic carbocycles. The molecule has 0 aliphatic heterocycles. The molecule has 0 heterocycles. The Morgan fingerprint density at radius 3 is 2.36 bits per heavy atom. The number of carbonyl (C=O) groups is 2. The molecule has 0 aromatic heterocycles. The van der Waals surface area contributed by atoms with E-state index in [1.54, 1.807) is 12.1 Å². The molecule has 0 fully saturated rings. The third-order valence-electron chi connectivity index (χ3n) is 3.70. The van der Waals surface area contributed by atoms with Crippen LogP contribution in [0.5, 0.6) is 0 Å². The normalized spacial score (nSPS) is 10.5. The molecule has 4 heteroatoms. The Labute approximate surface area is 132 Å². The van der Waals surface area contributed by atoms with Gasteiger partial charge in [0.15, 0.2) is 0 Å². The van der Waals surface area contributed by atoms with E-state index in [-0.39, 0.29) is 11.1 Å². The van der Waals surface area contributed by atoms with E-state index in [1.807, 2.05) is 6.92 Å². The molecule has 0 saturated carbocycles. The first kappa shape index (κ1) is 18.2. The maximum atomic E-state index is 12.1. The number of hydrogen-bond acceptors (Lipinski definition) is 3. The van der Waals surface area contributed by atoms with Gasteiger partial charge in [0, 0.05) is 0 Å². The van der Waals surface area contributed by atoms with Crippen molar-refractivity contribution in [3.05, 3.63) is 34.9 Å². The van der Waals surface area contributed by atoms with Crippen LogP contribution in [-0.2, 0) is 11.2 Å². The second kappa shape index (κ2) is 9.98. The maximum Gasteiger partial charge on any atom is 0.339 e. The molecule has 1 aromatic rings. The van der Waals surface area contributed by atoms with Gasteiger partial charge in [-0.15, -0.1) is 0 Å². The van der Waals surface area contributed by atoms with Crippen molar-refractivity contribution in [2.45, 2.75) is 58.8 Å². The lowest BCUT2D eigenvalue weighted by Crippen LogP contribution is -2.14. The van der Waals surface area contributed by atoms with Gasteiger partial charge in [-0.25, -0.2) is 9.59 Å². The summed E-state index contributed by atoms with van der Waals surface area (Å²) in [6.45, 7) is 4.39. The molecular weight excluding hydrogens is 280 g/mol. The predicted molar refractivity (Wildman–Crippen MR) is 86.4 cm³/mol. The number of unbranched alkanes of at least 4 members (excludes halogenated alkanes) is 5. The fourth-order valence-electron chi connectivity index (χ4n) is 2.44. The summed E-state index contributed by atoms with van der Waals surface area (Å²) in [4.78, 5) is 23.5. The summed E-state index contributed by atoms with van der Waals surface area (Å²) >= 11 is 0.